The van der Waals surface area contributed by atoms with Crippen LogP contribution in [0.3, 0.4) is 0 Å². The van der Waals surface area contributed by atoms with Crippen LogP contribution in [0.1, 0.15) is 51.9 Å². The number of nitrogens with zero attached hydrogens (tertiary/aromatic N) is 1. The Kier molecular flexibility index (Phi) is 1.74. The molecule has 1 heteroatoms. The van der Waals surface area contributed by atoms with Crippen molar-refractivity contribution >= 4 is 0 Å². The van der Waals surface area contributed by atoms with Crippen LogP contribution >= 0.6 is 0 Å². The fraction of sp³-hybridized carbons (Fsp3) is 1.00. The molecule has 1 unspecified atom stereocenters. The smallest absolute Gasteiger partial charge is 0.00983 e. The number of hydrogen-bond acceptors (Lipinski definition) is 1. The lowest BCUT2D eigenvalue weighted by Crippen LogP contribution is -2.43. The second-order valence-electron chi connectivity index (χ2n) is 5.66. The molecule has 2 aliphatic carbocycles. The highest BCUT2D eigenvalue weighted by Gasteiger charge is 2.48. The van der Waals surface area contributed by atoms with Gasteiger partial charge in [0.15, 0.2) is 0 Å². The molecule has 0 aromatic rings. The van der Waals surface area contributed by atoms with Crippen molar-refractivity contribution in [2.45, 2.75) is 64.0 Å². The van der Waals surface area contributed by atoms with Crippen LogP contribution in [-0.2, 0) is 0 Å². The normalized spacial score (nSPS) is 39.0. The molecule has 74 valence electrons. The largest absolute Gasteiger partial charge is 0.297 e. The van der Waals surface area contributed by atoms with Crippen molar-refractivity contribution < 1.29 is 0 Å². The van der Waals surface area contributed by atoms with Gasteiger partial charge in [-0.15, -0.1) is 0 Å². The van der Waals surface area contributed by atoms with Gasteiger partial charge in [-0.1, -0.05) is 12.8 Å². The van der Waals surface area contributed by atoms with Crippen LogP contribution in [0.15, 0.2) is 0 Å². The summed E-state index contributed by atoms with van der Waals surface area (Å²) in [5, 5.41) is 0. The summed E-state index contributed by atoms with van der Waals surface area (Å²) >= 11 is 0. The van der Waals surface area contributed by atoms with E-state index < -0.39 is 0 Å². The van der Waals surface area contributed by atoms with E-state index in [0.29, 0.717) is 0 Å². The van der Waals surface area contributed by atoms with Gasteiger partial charge in [0.25, 0.3) is 0 Å². The van der Waals surface area contributed by atoms with E-state index in [1.54, 1.807) is 0 Å². The van der Waals surface area contributed by atoms with E-state index in [1.807, 2.05) is 0 Å². The first-order chi connectivity index (χ1) is 6.29. The molecule has 1 atom stereocenters. The van der Waals surface area contributed by atoms with Crippen molar-refractivity contribution in [3.8, 4) is 0 Å². The maximum absolute atomic E-state index is 2.82. The molecule has 1 heterocycles. The quantitative estimate of drug-likeness (QED) is 0.598. The molecule has 3 aliphatic rings. The Morgan fingerprint density at radius 3 is 2.31 bits per heavy atom. The van der Waals surface area contributed by atoms with Gasteiger partial charge in [-0.25, -0.2) is 0 Å². The van der Waals surface area contributed by atoms with Crippen molar-refractivity contribution in [1.82, 2.24) is 4.90 Å². The highest BCUT2D eigenvalue weighted by Crippen LogP contribution is 2.51. The lowest BCUT2D eigenvalue weighted by molar-refractivity contribution is 0.0877. The summed E-state index contributed by atoms with van der Waals surface area (Å²) in [6.07, 6.45) is 10.5. The van der Waals surface area contributed by atoms with Crippen LogP contribution in [0.2, 0.25) is 0 Å². The lowest BCUT2D eigenvalue weighted by Gasteiger charge is -2.41. The maximum atomic E-state index is 2.82. The first-order valence-corrected chi connectivity index (χ1v) is 6.05. The van der Waals surface area contributed by atoms with E-state index >= 15 is 0 Å². The average Bonchev–Trinajstić information content (AvgIpc) is 2.24. The molecule has 0 radical (unpaired) electrons. The highest BCUT2D eigenvalue weighted by molar-refractivity contribution is 5.01. The lowest BCUT2D eigenvalue weighted by atomic mass is 9.67. The summed E-state index contributed by atoms with van der Waals surface area (Å²) in [6, 6.07) is 1.88. The summed E-state index contributed by atoms with van der Waals surface area (Å²) in [7, 11) is 0. The summed E-state index contributed by atoms with van der Waals surface area (Å²) in [5.41, 5.74) is 0.801. The van der Waals surface area contributed by atoms with Crippen LogP contribution < -0.4 is 0 Å². The third kappa shape index (κ3) is 1.16. The Morgan fingerprint density at radius 2 is 1.92 bits per heavy atom. The third-order valence-electron chi connectivity index (χ3n) is 4.77. The maximum Gasteiger partial charge on any atom is 0.00983 e. The second-order valence-corrected chi connectivity index (χ2v) is 5.66. The Labute approximate surface area is 81.5 Å². The summed E-state index contributed by atoms with van der Waals surface area (Å²) in [6.45, 7) is 3.89. The monoisotopic (exact) mass is 179 g/mol. The van der Waals surface area contributed by atoms with Gasteiger partial charge in [0, 0.05) is 18.6 Å². The Hall–Kier alpha value is -0.0400. The summed E-state index contributed by atoms with van der Waals surface area (Å²) in [4.78, 5) is 2.82. The minimum atomic E-state index is 0.801. The Balaban J connectivity index is 1.69. The van der Waals surface area contributed by atoms with Crippen LogP contribution in [0.4, 0.5) is 0 Å². The third-order valence-corrected chi connectivity index (χ3v) is 4.77. The fourth-order valence-corrected chi connectivity index (χ4v) is 3.60. The van der Waals surface area contributed by atoms with E-state index in [4.69, 9.17) is 0 Å². The van der Waals surface area contributed by atoms with E-state index in [9.17, 15) is 0 Å². The first kappa shape index (κ1) is 8.28. The number of likely N-dealkylation sites (tertiary alicyclic amines) is 1. The van der Waals surface area contributed by atoms with Crippen LogP contribution in [0.5, 0.6) is 0 Å². The molecule has 1 nitrogen and oxygen atoms in total. The molecule has 0 amide bonds. The molecule has 0 aromatic heterocycles. The molecule has 2 saturated carbocycles. The Morgan fingerprint density at radius 1 is 1.15 bits per heavy atom. The number of rotatable bonds is 1. The highest BCUT2D eigenvalue weighted by atomic mass is 15.2. The van der Waals surface area contributed by atoms with Gasteiger partial charge in [-0.05, 0) is 44.4 Å². The second kappa shape index (κ2) is 2.73. The molecule has 3 fully saturated rings. The molecular weight excluding hydrogens is 158 g/mol. The topological polar surface area (TPSA) is 3.24 Å². The standard InChI is InChI=1S/C12H21N/c1-10-8-12(6-3-7-12)9-13(10)11-4-2-5-11/h10-11H,2-9H2,1H3. The molecule has 0 aromatic carbocycles. The van der Waals surface area contributed by atoms with Crippen molar-refractivity contribution in [2.24, 2.45) is 5.41 Å². The molecule has 1 spiro atoms. The molecule has 1 aliphatic heterocycles. The van der Waals surface area contributed by atoms with Crippen LogP contribution in [0.25, 0.3) is 0 Å². The van der Waals surface area contributed by atoms with Gasteiger partial charge in [0.05, 0.1) is 0 Å². The van der Waals surface area contributed by atoms with Gasteiger partial charge in [-0.2, -0.15) is 0 Å². The minimum Gasteiger partial charge on any atom is -0.297 e. The first-order valence-electron chi connectivity index (χ1n) is 6.05. The molecule has 1 saturated heterocycles. The van der Waals surface area contributed by atoms with E-state index in [2.05, 4.69) is 11.8 Å². The zero-order chi connectivity index (χ0) is 8.89. The number of hydrogen-bond donors (Lipinski definition) is 0. The summed E-state index contributed by atoms with van der Waals surface area (Å²) < 4.78 is 0. The van der Waals surface area contributed by atoms with Crippen LogP contribution in [-0.4, -0.2) is 23.5 Å². The van der Waals surface area contributed by atoms with Crippen molar-refractivity contribution in [3.63, 3.8) is 0 Å². The zero-order valence-electron chi connectivity index (χ0n) is 8.76. The molecule has 3 rings (SSSR count). The molecule has 13 heavy (non-hydrogen) atoms. The zero-order valence-corrected chi connectivity index (χ0v) is 8.76. The van der Waals surface area contributed by atoms with Gasteiger partial charge in [0.2, 0.25) is 0 Å². The SMILES string of the molecule is CC1CC2(CCC2)CN1C1CCC1. The van der Waals surface area contributed by atoms with Gasteiger partial charge < -0.3 is 0 Å². The molecular formula is C12H21N. The van der Waals surface area contributed by atoms with Gasteiger partial charge in [0.1, 0.15) is 0 Å². The van der Waals surface area contributed by atoms with Crippen LogP contribution in [0, 0.1) is 5.41 Å². The van der Waals surface area contributed by atoms with Gasteiger partial charge >= 0.3 is 0 Å². The Bertz CT molecular complexity index is 203. The van der Waals surface area contributed by atoms with Gasteiger partial charge in [-0.3, -0.25) is 4.90 Å². The molecule has 0 N–H and O–H groups in total. The van der Waals surface area contributed by atoms with Crippen molar-refractivity contribution in [3.05, 3.63) is 0 Å². The minimum absolute atomic E-state index is 0.801. The fourth-order valence-electron chi connectivity index (χ4n) is 3.60. The van der Waals surface area contributed by atoms with Crippen molar-refractivity contribution in [1.29, 1.82) is 0 Å². The summed E-state index contributed by atoms with van der Waals surface area (Å²) in [5.74, 6) is 0. The molecule has 0 bridgehead atoms. The predicted molar refractivity (Wildman–Crippen MR) is 54.7 cm³/mol. The van der Waals surface area contributed by atoms with Crippen molar-refractivity contribution in [2.75, 3.05) is 6.54 Å². The predicted octanol–water partition coefficient (Wildman–Crippen LogP) is 2.80. The van der Waals surface area contributed by atoms with E-state index in [0.717, 1.165) is 17.5 Å². The van der Waals surface area contributed by atoms with E-state index in [1.165, 1.54) is 51.5 Å². The van der Waals surface area contributed by atoms with E-state index in [-0.39, 0.29) is 0 Å². The average molecular weight is 179 g/mol.